The minimum atomic E-state index is -0.882. The number of carboxylic acid groups (broad SMARTS) is 1. The maximum absolute atomic E-state index is 13.6. The average Bonchev–Trinajstić information content (AvgIpc) is 2.32. The zero-order valence-corrected chi connectivity index (χ0v) is 9.24. The summed E-state index contributed by atoms with van der Waals surface area (Å²) in [4.78, 5) is 10.4. The van der Waals surface area contributed by atoms with Crippen LogP contribution in [-0.4, -0.2) is 24.3 Å². The summed E-state index contributed by atoms with van der Waals surface area (Å²) in [7, 11) is 0. The molecule has 5 heteroatoms. The number of hydrogen-bond acceptors (Lipinski definition) is 3. The molecule has 0 amide bonds. The molecule has 0 unspecified atom stereocenters. The van der Waals surface area contributed by atoms with Crippen molar-refractivity contribution in [1.29, 1.82) is 0 Å². The second-order valence-corrected chi connectivity index (χ2v) is 3.80. The summed E-state index contributed by atoms with van der Waals surface area (Å²) in [6.45, 7) is 0.843. The number of hydrogen-bond donors (Lipinski definition) is 1. The maximum atomic E-state index is 13.6. The second-order valence-electron chi connectivity index (χ2n) is 3.80. The van der Waals surface area contributed by atoms with Crippen LogP contribution in [0.15, 0.2) is 12.1 Å². The van der Waals surface area contributed by atoms with E-state index in [1.165, 1.54) is 12.1 Å². The largest absolute Gasteiger partial charge is 0.486 e. The van der Waals surface area contributed by atoms with Gasteiger partial charge in [-0.3, -0.25) is 4.79 Å². The van der Waals surface area contributed by atoms with Gasteiger partial charge in [0.2, 0.25) is 0 Å². The minimum absolute atomic E-state index is 0.0178. The van der Waals surface area contributed by atoms with Gasteiger partial charge in [-0.25, -0.2) is 4.39 Å². The molecule has 0 fully saturated rings. The normalized spacial score (nSPS) is 13.5. The molecule has 1 aromatic carbocycles. The Morgan fingerprint density at radius 3 is 2.88 bits per heavy atom. The molecule has 92 valence electrons. The Morgan fingerprint density at radius 2 is 2.12 bits per heavy atom. The molecule has 0 radical (unpaired) electrons. The second kappa shape index (κ2) is 5.03. The molecular weight excluding hydrogens is 227 g/mol. The highest BCUT2D eigenvalue weighted by Crippen LogP contribution is 2.36. The summed E-state index contributed by atoms with van der Waals surface area (Å²) in [6.07, 6.45) is 0.737. The fourth-order valence-electron chi connectivity index (χ4n) is 1.80. The summed E-state index contributed by atoms with van der Waals surface area (Å²) < 4.78 is 24.3. The molecule has 0 saturated carbocycles. The molecule has 1 aliphatic rings. The summed E-state index contributed by atoms with van der Waals surface area (Å²) in [5.41, 5.74) is 0.406. The lowest BCUT2D eigenvalue weighted by molar-refractivity contribution is -0.137. The lowest BCUT2D eigenvalue weighted by atomic mass is 10.1. The number of halogens is 1. The van der Waals surface area contributed by atoms with Crippen molar-refractivity contribution >= 4 is 5.97 Å². The first-order valence-corrected chi connectivity index (χ1v) is 5.47. The van der Waals surface area contributed by atoms with E-state index in [1.54, 1.807) is 0 Å². The van der Waals surface area contributed by atoms with Crippen LogP contribution < -0.4 is 9.47 Å². The van der Waals surface area contributed by atoms with Gasteiger partial charge in [-0.05, 0) is 25.0 Å². The first kappa shape index (κ1) is 11.7. The van der Waals surface area contributed by atoms with Gasteiger partial charge in [-0.1, -0.05) is 0 Å². The summed E-state index contributed by atoms with van der Waals surface area (Å²) >= 11 is 0. The van der Waals surface area contributed by atoms with Crippen molar-refractivity contribution in [2.75, 3.05) is 13.2 Å². The molecule has 0 bridgehead atoms. The van der Waals surface area contributed by atoms with E-state index in [0.717, 1.165) is 0 Å². The van der Waals surface area contributed by atoms with Gasteiger partial charge in [-0.2, -0.15) is 0 Å². The topological polar surface area (TPSA) is 55.8 Å². The van der Waals surface area contributed by atoms with Crippen molar-refractivity contribution in [3.05, 3.63) is 23.5 Å². The summed E-state index contributed by atoms with van der Waals surface area (Å²) in [6, 6.07) is 2.86. The van der Waals surface area contributed by atoms with E-state index in [-0.39, 0.29) is 12.2 Å². The molecular formula is C12H13FO4. The first-order chi connectivity index (χ1) is 8.18. The average molecular weight is 240 g/mol. The van der Waals surface area contributed by atoms with Gasteiger partial charge >= 0.3 is 5.97 Å². The van der Waals surface area contributed by atoms with Gasteiger partial charge in [0.05, 0.1) is 0 Å². The van der Waals surface area contributed by atoms with E-state index < -0.39 is 5.97 Å². The van der Waals surface area contributed by atoms with Crippen molar-refractivity contribution in [2.45, 2.75) is 19.3 Å². The quantitative estimate of drug-likeness (QED) is 0.874. The van der Waals surface area contributed by atoms with Crippen LogP contribution >= 0.6 is 0 Å². The Hall–Kier alpha value is -1.78. The third-order valence-corrected chi connectivity index (χ3v) is 2.57. The number of rotatable bonds is 4. The molecule has 1 aliphatic heterocycles. The number of fused-ring (bicyclic) bond motifs is 1. The molecule has 0 aliphatic carbocycles. The molecule has 2 rings (SSSR count). The minimum Gasteiger partial charge on any atom is -0.486 e. The Balaban J connectivity index is 2.16. The first-order valence-electron chi connectivity index (χ1n) is 5.47. The van der Waals surface area contributed by atoms with Crippen molar-refractivity contribution in [1.82, 2.24) is 0 Å². The summed E-state index contributed by atoms with van der Waals surface area (Å²) in [5, 5.41) is 8.55. The lowest BCUT2D eigenvalue weighted by Gasteiger charge is -2.21. The molecule has 1 aromatic rings. The molecule has 1 heterocycles. The van der Waals surface area contributed by atoms with Gasteiger partial charge in [0.15, 0.2) is 11.5 Å². The van der Waals surface area contributed by atoms with E-state index >= 15 is 0 Å². The van der Waals surface area contributed by atoms with Gasteiger partial charge in [0.25, 0.3) is 0 Å². The van der Waals surface area contributed by atoms with Gasteiger partial charge in [0.1, 0.15) is 19.0 Å². The molecule has 0 spiro atoms. The van der Waals surface area contributed by atoms with Gasteiger partial charge in [-0.15, -0.1) is 0 Å². The number of benzene rings is 1. The fourth-order valence-corrected chi connectivity index (χ4v) is 1.80. The van der Waals surface area contributed by atoms with Crippen LogP contribution in [0.4, 0.5) is 4.39 Å². The highest BCUT2D eigenvalue weighted by molar-refractivity contribution is 5.66. The number of ether oxygens (including phenoxy) is 2. The van der Waals surface area contributed by atoms with E-state index in [4.69, 9.17) is 14.6 Å². The predicted octanol–water partition coefficient (Wildman–Crippen LogP) is 2.00. The van der Waals surface area contributed by atoms with Gasteiger partial charge in [0, 0.05) is 12.0 Å². The van der Waals surface area contributed by atoms with Crippen LogP contribution in [0, 0.1) is 5.82 Å². The van der Waals surface area contributed by atoms with Crippen LogP contribution in [0.3, 0.4) is 0 Å². The third kappa shape index (κ3) is 2.67. The lowest BCUT2D eigenvalue weighted by Crippen LogP contribution is -2.17. The van der Waals surface area contributed by atoms with Crippen LogP contribution in [0.2, 0.25) is 0 Å². The highest BCUT2D eigenvalue weighted by Gasteiger charge is 2.19. The van der Waals surface area contributed by atoms with Crippen molar-refractivity contribution in [2.24, 2.45) is 0 Å². The van der Waals surface area contributed by atoms with Crippen molar-refractivity contribution in [3.8, 4) is 11.5 Å². The molecule has 17 heavy (non-hydrogen) atoms. The van der Waals surface area contributed by atoms with Crippen LogP contribution in [0.1, 0.15) is 18.4 Å². The van der Waals surface area contributed by atoms with E-state index in [9.17, 15) is 9.18 Å². The smallest absolute Gasteiger partial charge is 0.303 e. The Kier molecular flexibility index (Phi) is 3.46. The zero-order valence-electron chi connectivity index (χ0n) is 9.24. The highest BCUT2D eigenvalue weighted by atomic mass is 19.1. The van der Waals surface area contributed by atoms with Crippen molar-refractivity contribution < 1.29 is 23.8 Å². The maximum Gasteiger partial charge on any atom is 0.303 e. The number of carbonyl (C=O) groups is 1. The fraction of sp³-hybridized carbons (Fsp3) is 0.417. The summed E-state index contributed by atoms with van der Waals surface area (Å²) in [5.74, 6) is -0.309. The van der Waals surface area contributed by atoms with E-state index in [2.05, 4.69) is 0 Å². The standard InChI is InChI=1S/C12H13FO4/c13-9-4-5-10-12(17-7-6-16-10)8(9)2-1-3-11(14)15/h4-5H,1-3,6-7H2,(H,14,15). The predicted molar refractivity (Wildman–Crippen MR) is 58.0 cm³/mol. The monoisotopic (exact) mass is 240 g/mol. The van der Waals surface area contributed by atoms with Crippen molar-refractivity contribution in [3.63, 3.8) is 0 Å². The van der Waals surface area contributed by atoms with Crippen LogP contribution in [-0.2, 0) is 11.2 Å². The SMILES string of the molecule is O=C(O)CCCc1c(F)ccc2c1OCCO2. The molecule has 4 nitrogen and oxygen atoms in total. The molecule has 1 N–H and O–H groups in total. The molecule has 0 saturated heterocycles. The Morgan fingerprint density at radius 1 is 1.35 bits per heavy atom. The van der Waals surface area contributed by atoms with Crippen LogP contribution in [0.5, 0.6) is 11.5 Å². The molecule has 0 atom stereocenters. The Bertz CT molecular complexity index is 431. The number of carboxylic acids is 1. The van der Waals surface area contributed by atoms with Gasteiger partial charge < -0.3 is 14.6 Å². The van der Waals surface area contributed by atoms with E-state index in [0.29, 0.717) is 43.1 Å². The molecule has 0 aromatic heterocycles. The number of aliphatic carboxylic acids is 1. The van der Waals surface area contributed by atoms with Crippen LogP contribution in [0.25, 0.3) is 0 Å². The Labute approximate surface area is 98.0 Å². The zero-order chi connectivity index (χ0) is 12.3. The third-order valence-electron chi connectivity index (χ3n) is 2.57. The van der Waals surface area contributed by atoms with E-state index in [1.807, 2.05) is 0 Å².